The lowest BCUT2D eigenvalue weighted by Gasteiger charge is -2.20. The van der Waals surface area contributed by atoms with Gasteiger partial charge in [0.2, 0.25) is 0 Å². The van der Waals surface area contributed by atoms with Gasteiger partial charge in [-0.1, -0.05) is 72.1 Å². The Hall–Kier alpha value is -1.51. The number of hydrogen-bond acceptors (Lipinski definition) is 1. The second kappa shape index (κ2) is 9.50. The Morgan fingerprint density at radius 3 is 2.09 bits per heavy atom. The highest BCUT2D eigenvalue weighted by Gasteiger charge is 2.15. The number of rotatable bonds is 8. The summed E-state index contributed by atoms with van der Waals surface area (Å²) in [6.45, 7) is 11.6. The van der Waals surface area contributed by atoms with Crippen LogP contribution in [0.15, 0.2) is 18.2 Å². The lowest BCUT2D eigenvalue weighted by molar-refractivity contribution is 0.252. The van der Waals surface area contributed by atoms with Crippen molar-refractivity contribution in [1.82, 2.24) is 5.32 Å². The summed E-state index contributed by atoms with van der Waals surface area (Å²) in [7, 11) is 0. The van der Waals surface area contributed by atoms with Crippen molar-refractivity contribution >= 4 is 11.7 Å². The number of amides is 2. The molecule has 3 heteroatoms. The Bertz CT molecular complexity index is 440. The molecule has 1 rings (SSSR count). The first-order chi connectivity index (χ1) is 10.5. The Balaban J connectivity index is 2.72. The van der Waals surface area contributed by atoms with Crippen LogP contribution in [0.25, 0.3) is 0 Å². The SMILES string of the molecule is CCCCCCNC(=O)Nc1c(C(C)C)cccc1C(C)C. The van der Waals surface area contributed by atoms with Crippen molar-refractivity contribution in [2.75, 3.05) is 11.9 Å². The predicted molar refractivity (Wildman–Crippen MR) is 95.8 cm³/mol. The molecule has 0 unspecified atom stereocenters. The van der Waals surface area contributed by atoms with Gasteiger partial charge in [0.15, 0.2) is 0 Å². The van der Waals surface area contributed by atoms with Crippen LogP contribution in [0.1, 0.15) is 83.3 Å². The van der Waals surface area contributed by atoms with Crippen LogP contribution in [-0.2, 0) is 0 Å². The molecule has 0 aliphatic carbocycles. The molecule has 0 aliphatic rings. The fourth-order valence-corrected chi connectivity index (χ4v) is 2.61. The molecule has 0 spiro atoms. The third-order valence-corrected chi connectivity index (χ3v) is 3.93. The van der Waals surface area contributed by atoms with Gasteiger partial charge in [0.05, 0.1) is 0 Å². The van der Waals surface area contributed by atoms with Crippen LogP contribution in [0.5, 0.6) is 0 Å². The topological polar surface area (TPSA) is 41.1 Å². The minimum Gasteiger partial charge on any atom is -0.338 e. The van der Waals surface area contributed by atoms with E-state index >= 15 is 0 Å². The van der Waals surface area contributed by atoms with Crippen LogP contribution in [0.3, 0.4) is 0 Å². The van der Waals surface area contributed by atoms with E-state index in [0.717, 1.165) is 18.7 Å². The fourth-order valence-electron chi connectivity index (χ4n) is 2.61. The number of para-hydroxylation sites is 1. The largest absolute Gasteiger partial charge is 0.338 e. The molecule has 0 atom stereocenters. The van der Waals surface area contributed by atoms with Crippen LogP contribution in [0.4, 0.5) is 10.5 Å². The van der Waals surface area contributed by atoms with Crippen molar-refractivity contribution in [3.05, 3.63) is 29.3 Å². The minimum absolute atomic E-state index is 0.0912. The van der Waals surface area contributed by atoms with E-state index in [4.69, 9.17) is 0 Å². The smallest absolute Gasteiger partial charge is 0.319 e. The van der Waals surface area contributed by atoms with Crippen molar-refractivity contribution in [1.29, 1.82) is 0 Å². The quantitative estimate of drug-likeness (QED) is 0.600. The van der Waals surface area contributed by atoms with Crippen molar-refractivity contribution < 1.29 is 4.79 Å². The molecule has 0 bridgehead atoms. The summed E-state index contributed by atoms with van der Waals surface area (Å²) in [6, 6.07) is 6.20. The van der Waals surface area contributed by atoms with Crippen LogP contribution < -0.4 is 10.6 Å². The number of anilines is 1. The average molecular weight is 304 g/mol. The van der Waals surface area contributed by atoms with Crippen LogP contribution in [-0.4, -0.2) is 12.6 Å². The fraction of sp³-hybridized carbons (Fsp3) is 0.632. The summed E-state index contributed by atoms with van der Waals surface area (Å²) in [5.41, 5.74) is 3.39. The summed E-state index contributed by atoms with van der Waals surface area (Å²) >= 11 is 0. The van der Waals surface area contributed by atoms with E-state index in [1.807, 2.05) is 0 Å². The van der Waals surface area contributed by atoms with E-state index in [0.29, 0.717) is 11.8 Å². The van der Waals surface area contributed by atoms with Gasteiger partial charge in [0.25, 0.3) is 0 Å². The van der Waals surface area contributed by atoms with Gasteiger partial charge in [-0.25, -0.2) is 4.79 Å². The summed E-state index contributed by atoms with van der Waals surface area (Å²) in [4.78, 5) is 12.2. The molecule has 0 aromatic heterocycles. The maximum Gasteiger partial charge on any atom is 0.319 e. The summed E-state index contributed by atoms with van der Waals surface area (Å²) in [5.74, 6) is 0.775. The van der Waals surface area contributed by atoms with Crippen LogP contribution in [0, 0.1) is 0 Å². The Labute approximate surface area is 135 Å². The number of nitrogens with one attached hydrogen (secondary N) is 2. The molecule has 2 amide bonds. The predicted octanol–water partition coefficient (Wildman–Crippen LogP) is 5.64. The Morgan fingerprint density at radius 2 is 1.59 bits per heavy atom. The number of urea groups is 1. The third kappa shape index (κ3) is 5.70. The molecule has 0 radical (unpaired) electrons. The maximum absolute atomic E-state index is 12.2. The second-order valence-corrected chi connectivity index (χ2v) is 6.56. The number of carbonyl (C=O) groups is 1. The van der Waals surface area contributed by atoms with E-state index in [-0.39, 0.29) is 6.03 Å². The molecule has 124 valence electrons. The first-order valence-corrected chi connectivity index (χ1v) is 8.65. The molecular weight excluding hydrogens is 272 g/mol. The van der Waals surface area contributed by atoms with E-state index < -0.39 is 0 Å². The Morgan fingerprint density at radius 1 is 1.00 bits per heavy atom. The third-order valence-electron chi connectivity index (χ3n) is 3.93. The molecule has 1 aromatic carbocycles. The van der Waals surface area contributed by atoms with Gasteiger partial charge in [-0.15, -0.1) is 0 Å². The normalized spacial score (nSPS) is 11.0. The van der Waals surface area contributed by atoms with Crippen LogP contribution >= 0.6 is 0 Å². The van der Waals surface area contributed by atoms with E-state index in [1.54, 1.807) is 0 Å². The van der Waals surface area contributed by atoms with Crippen molar-refractivity contribution in [3.8, 4) is 0 Å². The summed E-state index contributed by atoms with van der Waals surface area (Å²) < 4.78 is 0. The van der Waals surface area contributed by atoms with Gasteiger partial charge in [-0.05, 0) is 29.4 Å². The molecule has 0 aliphatic heterocycles. The molecule has 3 nitrogen and oxygen atoms in total. The number of hydrogen-bond donors (Lipinski definition) is 2. The maximum atomic E-state index is 12.2. The number of benzene rings is 1. The van der Waals surface area contributed by atoms with Crippen LogP contribution in [0.2, 0.25) is 0 Å². The standard InChI is InChI=1S/C19H32N2O/c1-6-7-8-9-13-20-19(22)21-18-16(14(2)3)11-10-12-17(18)15(4)5/h10-12,14-15H,6-9,13H2,1-5H3,(H2,20,21,22). The van der Waals surface area contributed by atoms with Gasteiger partial charge >= 0.3 is 6.03 Å². The van der Waals surface area contributed by atoms with Gasteiger partial charge < -0.3 is 10.6 Å². The second-order valence-electron chi connectivity index (χ2n) is 6.56. The van der Waals surface area contributed by atoms with E-state index in [9.17, 15) is 4.79 Å². The zero-order chi connectivity index (χ0) is 16.5. The van der Waals surface area contributed by atoms with Gasteiger partial charge in [0, 0.05) is 12.2 Å². The van der Waals surface area contributed by atoms with Crippen molar-refractivity contribution in [3.63, 3.8) is 0 Å². The first kappa shape index (κ1) is 18.5. The highest BCUT2D eigenvalue weighted by atomic mass is 16.2. The molecule has 0 heterocycles. The monoisotopic (exact) mass is 304 g/mol. The van der Waals surface area contributed by atoms with Crippen molar-refractivity contribution in [2.24, 2.45) is 0 Å². The van der Waals surface area contributed by atoms with Gasteiger partial charge in [-0.2, -0.15) is 0 Å². The highest BCUT2D eigenvalue weighted by Crippen LogP contribution is 2.32. The Kier molecular flexibility index (Phi) is 8.00. The highest BCUT2D eigenvalue weighted by molar-refractivity contribution is 5.91. The molecule has 0 saturated carbocycles. The number of carbonyl (C=O) groups excluding carboxylic acids is 1. The molecule has 22 heavy (non-hydrogen) atoms. The summed E-state index contributed by atoms with van der Waals surface area (Å²) in [5, 5.41) is 6.05. The van der Waals surface area contributed by atoms with E-state index in [2.05, 4.69) is 63.5 Å². The average Bonchev–Trinajstić information content (AvgIpc) is 2.46. The molecule has 2 N–H and O–H groups in total. The minimum atomic E-state index is -0.0912. The molecular formula is C19H32N2O. The lowest BCUT2D eigenvalue weighted by Crippen LogP contribution is -2.30. The van der Waals surface area contributed by atoms with Gasteiger partial charge in [-0.3, -0.25) is 0 Å². The van der Waals surface area contributed by atoms with Crippen molar-refractivity contribution in [2.45, 2.75) is 72.1 Å². The zero-order valence-electron chi connectivity index (χ0n) is 14.8. The molecule has 0 fully saturated rings. The zero-order valence-corrected chi connectivity index (χ0v) is 14.8. The lowest BCUT2D eigenvalue weighted by atomic mass is 9.93. The first-order valence-electron chi connectivity index (χ1n) is 8.65. The van der Waals surface area contributed by atoms with E-state index in [1.165, 1.54) is 30.4 Å². The molecule has 0 saturated heterocycles. The number of unbranched alkanes of at least 4 members (excludes halogenated alkanes) is 3. The summed E-state index contributed by atoms with van der Waals surface area (Å²) in [6.07, 6.45) is 4.67. The molecule has 1 aromatic rings. The van der Waals surface area contributed by atoms with Gasteiger partial charge in [0.1, 0.15) is 0 Å².